The monoisotopic (exact) mass is 1520 g/mol. The molecule has 0 aliphatic heterocycles. The molecule has 0 saturated carbocycles. The number of rotatable bonds is 26. The molecule has 111 heavy (non-hydrogen) atoms. The SMILES string of the molecule is Cc1ccc(C(=O)Nc2cccc(C(C)Oc3cncc(C(N)=O)c3)c2)cc1[N+](=O)[O-].[2H]C([2H])(Oc1cncc(C(N)=O)c1)c1cccc(NC(=O)c2ccc(CCl)cc2)c1.[2H]C([2H])(Oc1cncc(C(N)=O)c1)c1cccc(NC(=O)c2cccnc2)c1.[2H]C([2H])(Oc1cncc(C(N)=O)c1)c1cccc(NC(=O)c2ccncc2)c1. The van der Waals surface area contributed by atoms with Crippen molar-refractivity contribution >= 4 is 87.3 Å². The van der Waals surface area contributed by atoms with Crippen molar-refractivity contribution < 1.29 is 70.5 Å². The molecule has 30 heteroatoms. The standard InChI is InChI=1S/C22H20N4O5.C21H18ClN3O3.2C19H16N4O3/c1-13-6-7-16(10-20(13)26(29)30)22(28)25-18-5-3-4-15(8-18)14(2)31-19-9-17(21(23)27)11-24-12-19;22-10-14-4-6-16(7-5-14)21(27)25-18-3-1-2-15(8-18)13-28-19-9-17(20(23)26)11-24-12-19;20-18(24)15-8-17(11-22-10-15)26-12-13-3-1-5-16(7-13)23-19(25)14-4-2-6-21-9-14;20-18(24)15-9-17(11-22-10-15)26-12-13-2-1-3-16(8-13)23-19(25)14-4-6-21-7-5-14/h3-12,14H,1-2H3,(H2,23,27)(H,25,28);1-9,11-12H,10,13H2,(H2,23,26)(H,25,27);2*1-11H,12H2,(H2,20,24)(H,23,25)/i;13D2;2*12D2. The molecule has 6 heterocycles. The molecule has 6 aromatic heterocycles. The van der Waals surface area contributed by atoms with E-state index in [0.29, 0.717) is 56.6 Å². The summed E-state index contributed by atoms with van der Waals surface area (Å²) < 4.78 is 71.3. The van der Waals surface area contributed by atoms with Crippen LogP contribution >= 0.6 is 11.6 Å². The van der Waals surface area contributed by atoms with Crippen LogP contribution in [0.2, 0.25) is 0 Å². The molecule has 0 aliphatic carbocycles. The number of aromatic nitrogens is 6. The number of halogens is 1. The third-order valence-electron chi connectivity index (χ3n) is 15.0. The molecular weight excluding hydrogens is 1440 g/mol. The fourth-order valence-corrected chi connectivity index (χ4v) is 9.61. The first-order valence-electron chi connectivity index (χ1n) is 35.8. The maximum atomic E-state index is 12.6. The van der Waals surface area contributed by atoms with E-state index in [1.54, 1.807) is 123 Å². The highest BCUT2D eigenvalue weighted by Gasteiger charge is 2.18. The van der Waals surface area contributed by atoms with Gasteiger partial charge >= 0.3 is 0 Å². The smallest absolute Gasteiger partial charge is 0.273 e. The molecule has 12 rings (SSSR count). The number of primary amides is 4. The Labute approximate surface area is 648 Å². The van der Waals surface area contributed by atoms with Gasteiger partial charge in [0.15, 0.2) is 0 Å². The molecule has 0 radical (unpaired) electrons. The Morgan fingerprint density at radius 1 is 0.405 bits per heavy atom. The van der Waals surface area contributed by atoms with E-state index in [4.69, 9.17) is 61.7 Å². The lowest BCUT2D eigenvalue weighted by Crippen LogP contribution is -2.13. The minimum absolute atomic E-state index is 0.0464. The van der Waals surface area contributed by atoms with E-state index in [9.17, 15) is 48.5 Å². The summed E-state index contributed by atoms with van der Waals surface area (Å²) in [5.74, 6) is -3.34. The number of ether oxygens (including phenoxy) is 4. The van der Waals surface area contributed by atoms with E-state index in [2.05, 4.69) is 51.2 Å². The number of hydrogen-bond donors (Lipinski definition) is 8. The van der Waals surface area contributed by atoms with Crippen molar-refractivity contribution in [2.75, 3.05) is 21.3 Å². The van der Waals surface area contributed by atoms with E-state index < -0.39 is 60.2 Å². The summed E-state index contributed by atoms with van der Waals surface area (Å²) in [5, 5.41) is 22.0. The normalized spacial score (nSPS) is 11.7. The van der Waals surface area contributed by atoms with Crippen molar-refractivity contribution in [2.45, 2.75) is 45.5 Å². The van der Waals surface area contributed by atoms with Gasteiger partial charge in [0, 0.05) is 107 Å². The van der Waals surface area contributed by atoms with Crippen LogP contribution in [-0.4, -0.2) is 82.1 Å². The van der Waals surface area contributed by atoms with Crippen LogP contribution in [0.5, 0.6) is 23.0 Å². The lowest BCUT2D eigenvalue weighted by Gasteiger charge is -2.16. The summed E-state index contributed by atoms with van der Waals surface area (Å²) in [6.07, 6.45) is 16.0. The molecule has 0 bridgehead atoms. The third-order valence-corrected chi connectivity index (χ3v) is 15.4. The van der Waals surface area contributed by atoms with Gasteiger partial charge in [-0.25, -0.2) is 0 Å². The Bertz CT molecular complexity index is 5470. The number of carbonyl (C=O) groups excluding carboxylic acids is 8. The second kappa shape index (κ2) is 39.8. The number of aryl methyl sites for hydroxylation is 1. The summed E-state index contributed by atoms with van der Waals surface area (Å²) in [5.41, 5.74) is 27.1. The zero-order chi connectivity index (χ0) is 84.6. The molecule has 560 valence electrons. The largest absolute Gasteiger partial charge is 0.487 e. The molecule has 8 amide bonds. The molecule has 6 aromatic carbocycles. The van der Waals surface area contributed by atoms with Gasteiger partial charge in [-0.1, -0.05) is 66.7 Å². The highest BCUT2D eigenvalue weighted by molar-refractivity contribution is 6.17. The lowest BCUT2D eigenvalue weighted by atomic mass is 10.1. The third kappa shape index (κ3) is 25.0. The number of amides is 8. The summed E-state index contributed by atoms with van der Waals surface area (Å²) in [4.78, 5) is 128. The molecule has 1 unspecified atom stereocenters. The van der Waals surface area contributed by atoms with Crippen LogP contribution in [-0.2, 0) is 25.6 Å². The van der Waals surface area contributed by atoms with E-state index in [1.807, 2.05) is 6.07 Å². The lowest BCUT2D eigenvalue weighted by molar-refractivity contribution is -0.385. The van der Waals surface area contributed by atoms with Gasteiger partial charge in [0.25, 0.3) is 29.3 Å². The minimum atomic E-state index is -2.25. The first-order valence-corrected chi connectivity index (χ1v) is 33.4. The number of carbonyl (C=O) groups is 8. The van der Waals surface area contributed by atoms with Crippen molar-refractivity contribution in [3.63, 3.8) is 0 Å². The summed E-state index contributed by atoms with van der Waals surface area (Å²) in [6, 6.07) is 48.6. The van der Waals surface area contributed by atoms with E-state index in [0.717, 1.165) is 11.1 Å². The second-order valence-corrected chi connectivity index (χ2v) is 23.5. The van der Waals surface area contributed by atoms with Gasteiger partial charge in [-0.05, 0) is 157 Å². The van der Waals surface area contributed by atoms with Crippen molar-refractivity contribution in [3.05, 3.63) is 350 Å². The molecular formula is C81H70ClN15O14. The Balaban J connectivity index is 0.000000178. The molecule has 12 N–H and O–H groups in total. The molecule has 0 aliphatic rings. The number of hydrogen-bond acceptors (Lipinski definition) is 20. The van der Waals surface area contributed by atoms with Gasteiger partial charge in [0.05, 0.1) is 65.8 Å². The van der Waals surface area contributed by atoms with E-state index in [-0.39, 0.29) is 85.2 Å². The number of alkyl halides is 1. The number of pyridine rings is 6. The van der Waals surface area contributed by atoms with Gasteiger partial charge in [0.1, 0.15) is 48.8 Å². The van der Waals surface area contributed by atoms with E-state index in [1.165, 1.54) is 147 Å². The van der Waals surface area contributed by atoms with Gasteiger partial charge < -0.3 is 63.1 Å². The second-order valence-electron chi connectivity index (χ2n) is 23.2. The van der Waals surface area contributed by atoms with Crippen molar-refractivity contribution in [3.8, 4) is 23.0 Å². The summed E-state index contributed by atoms with van der Waals surface area (Å²) in [7, 11) is 0. The van der Waals surface area contributed by atoms with Crippen molar-refractivity contribution in [2.24, 2.45) is 22.9 Å². The average molecular weight is 1520 g/mol. The predicted molar refractivity (Wildman–Crippen MR) is 413 cm³/mol. The van der Waals surface area contributed by atoms with Crippen LogP contribution in [0.15, 0.2) is 262 Å². The number of nitro benzene ring substituents is 1. The van der Waals surface area contributed by atoms with Crippen LogP contribution in [0.1, 0.15) is 137 Å². The summed E-state index contributed by atoms with van der Waals surface area (Å²) >= 11 is 5.76. The highest BCUT2D eigenvalue weighted by Crippen LogP contribution is 2.27. The zero-order valence-corrected chi connectivity index (χ0v) is 59.4. The Kier molecular flexibility index (Phi) is 25.6. The fraction of sp³-hybridized carbons (Fsp3) is 0.0864. The number of nitrogens with zero attached hydrogens (tertiary/aromatic N) is 7. The Morgan fingerprint density at radius 3 is 1.20 bits per heavy atom. The number of anilines is 4. The maximum Gasteiger partial charge on any atom is 0.273 e. The Hall–Kier alpha value is -15.1. The van der Waals surface area contributed by atoms with Crippen LogP contribution in [0.4, 0.5) is 28.4 Å². The molecule has 0 saturated heterocycles. The van der Waals surface area contributed by atoms with Crippen LogP contribution in [0, 0.1) is 17.0 Å². The fourth-order valence-electron chi connectivity index (χ4n) is 9.43. The van der Waals surface area contributed by atoms with Gasteiger partial charge in [-0.3, -0.25) is 78.4 Å². The van der Waals surface area contributed by atoms with Gasteiger partial charge in [0.2, 0.25) is 23.6 Å². The molecule has 0 fully saturated rings. The minimum Gasteiger partial charge on any atom is -0.487 e. The van der Waals surface area contributed by atoms with Gasteiger partial charge in [-0.15, -0.1) is 11.6 Å². The van der Waals surface area contributed by atoms with Crippen LogP contribution in [0.25, 0.3) is 0 Å². The molecule has 0 spiro atoms. The number of nitro groups is 1. The maximum absolute atomic E-state index is 12.6. The first kappa shape index (κ1) is 71.5. The zero-order valence-electron chi connectivity index (χ0n) is 64.6. The summed E-state index contributed by atoms with van der Waals surface area (Å²) in [6.45, 7) is -3.32. The van der Waals surface area contributed by atoms with Gasteiger partial charge in [-0.2, -0.15) is 0 Å². The molecule has 1 atom stereocenters. The average Bonchev–Trinajstić information content (AvgIpc) is 0.818. The number of benzene rings is 6. The van der Waals surface area contributed by atoms with Crippen molar-refractivity contribution in [1.82, 2.24) is 29.9 Å². The Morgan fingerprint density at radius 2 is 0.784 bits per heavy atom. The van der Waals surface area contributed by atoms with Crippen LogP contribution in [0.3, 0.4) is 0 Å². The topological polar surface area (TPSA) is 446 Å². The first-order chi connectivity index (χ1) is 55.7. The predicted octanol–water partition coefficient (Wildman–Crippen LogP) is 12.4. The van der Waals surface area contributed by atoms with E-state index >= 15 is 0 Å². The number of nitrogens with one attached hydrogen (secondary N) is 4. The van der Waals surface area contributed by atoms with Crippen molar-refractivity contribution in [1.29, 1.82) is 0 Å². The number of nitrogens with two attached hydrogens (primary N) is 4. The highest BCUT2D eigenvalue weighted by atomic mass is 35.5. The quantitative estimate of drug-likeness (QED) is 0.0142. The molecule has 29 nitrogen and oxygen atoms in total. The van der Waals surface area contributed by atoms with Crippen LogP contribution < -0.4 is 63.1 Å². The molecule has 12 aromatic rings.